The fourth-order valence-electron chi connectivity index (χ4n) is 5.81. The van der Waals surface area contributed by atoms with E-state index in [1.807, 2.05) is 19.9 Å². The lowest BCUT2D eigenvalue weighted by Crippen LogP contribution is -2.52. The summed E-state index contributed by atoms with van der Waals surface area (Å²) in [6, 6.07) is 6.26. The molecule has 6 atom stereocenters. The second kappa shape index (κ2) is 19.8. The van der Waals surface area contributed by atoms with Crippen molar-refractivity contribution in [2.24, 2.45) is 17.6 Å². The Balaban J connectivity index is 2.08. The van der Waals surface area contributed by atoms with Crippen LogP contribution in [-0.2, 0) is 39.6 Å². The Labute approximate surface area is 296 Å². The van der Waals surface area contributed by atoms with Crippen molar-refractivity contribution in [3.8, 4) is 0 Å². The summed E-state index contributed by atoms with van der Waals surface area (Å²) < 4.78 is 24.0. The highest BCUT2D eigenvalue weighted by atomic mass is 31.2. The quantitative estimate of drug-likeness (QED) is 0.0849. The lowest BCUT2D eigenvalue weighted by atomic mass is 10.0. The molecule has 1 heterocycles. The number of likely N-dealkylation sites (tertiary alicyclic amines) is 1. The molecular weight excluding hydrogens is 665 g/mol. The zero-order chi connectivity index (χ0) is 37.6. The Morgan fingerprint density at radius 1 is 1.06 bits per heavy atom. The molecule has 282 valence electrons. The number of nitrogens with two attached hydrogens (primary N) is 1. The van der Waals surface area contributed by atoms with Crippen molar-refractivity contribution < 1.29 is 42.9 Å². The molecule has 0 radical (unpaired) electrons. The van der Waals surface area contributed by atoms with E-state index in [-0.39, 0.29) is 25.3 Å². The maximum absolute atomic E-state index is 14.0. The van der Waals surface area contributed by atoms with Gasteiger partial charge in [-0.3, -0.25) is 18.9 Å². The van der Waals surface area contributed by atoms with E-state index in [9.17, 15) is 33.4 Å². The van der Waals surface area contributed by atoms with Crippen molar-refractivity contribution in [3.63, 3.8) is 0 Å². The molecule has 15 heteroatoms. The molecule has 14 nitrogen and oxygen atoms in total. The third kappa shape index (κ3) is 14.4. The first-order chi connectivity index (χ1) is 23.3. The van der Waals surface area contributed by atoms with Gasteiger partial charge in [-0.2, -0.15) is 0 Å². The van der Waals surface area contributed by atoms with Gasteiger partial charge in [-0.15, -0.1) is 0 Å². The van der Waals surface area contributed by atoms with Crippen molar-refractivity contribution in [1.82, 2.24) is 20.9 Å². The van der Waals surface area contributed by atoms with Crippen molar-refractivity contribution in [2.75, 3.05) is 26.4 Å². The molecule has 3 unspecified atom stereocenters. The maximum Gasteiger partial charge on any atom is 0.407 e. The normalized spacial score (nSPS) is 18.3. The standard InChI is InChI=1S/C35H58N5O9P/c1-23(2)20-27(33(44)48-7)38-31(42)28-17-13-19-40(28)32(43)24(3)22-50(46,47)29(21-25-14-9-8-10-15-25)39-30(41)26(36)16-11-12-18-37-34(45)49-35(4,5)6/h8-10,14-15,23-24,26-29H,11-13,16-22,36H2,1-7H3,(H,37,45)(H,38,42)(H,39,41)(H,46,47)/t24?,26-,27?,28-,29+/m0/s1. The number of benzene rings is 1. The monoisotopic (exact) mass is 723 g/mol. The number of carbonyl (C=O) groups is 5. The van der Waals surface area contributed by atoms with Crippen LogP contribution >= 0.6 is 7.37 Å². The Morgan fingerprint density at radius 3 is 2.32 bits per heavy atom. The average Bonchev–Trinajstić information content (AvgIpc) is 3.52. The molecule has 2 rings (SSSR count). The molecule has 6 N–H and O–H groups in total. The highest BCUT2D eigenvalue weighted by Crippen LogP contribution is 2.48. The third-order valence-corrected chi connectivity index (χ3v) is 10.7. The SMILES string of the molecule is COC(=O)C(CC(C)C)NC(=O)[C@@H]1CCCN1C(=O)C(C)CP(=O)(O)[C@H](Cc1ccccc1)NC(=O)[C@@H](N)CCCCNC(=O)OC(C)(C)C. The predicted octanol–water partition coefficient (Wildman–Crippen LogP) is 3.30. The van der Waals surface area contributed by atoms with E-state index >= 15 is 0 Å². The second-order valence-electron chi connectivity index (χ2n) is 14.5. The zero-order valence-electron chi connectivity index (χ0n) is 30.6. The fraction of sp³-hybridized carbons (Fsp3) is 0.686. The molecular formula is C35H58N5O9P. The smallest absolute Gasteiger partial charge is 0.407 e. The summed E-state index contributed by atoms with van der Waals surface area (Å²) in [7, 11) is -2.99. The van der Waals surface area contributed by atoms with Gasteiger partial charge in [0.25, 0.3) is 0 Å². The average molecular weight is 724 g/mol. The van der Waals surface area contributed by atoms with Gasteiger partial charge in [-0.05, 0) is 70.8 Å². The number of alkyl carbamates (subject to hydrolysis) is 1. The summed E-state index contributed by atoms with van der Waals surface area (Å²) in [4.78, 5) is 77.1. The van der Waals surface area contributed by atoms with Crippen molar-refractivity contribution in [1.29, 1.82) is 0 Å². The van der Waals surface area contributed by atoms with E-state index in [1.165, 1.54) is 18.9 Å². The summed E-state index contributed by atoms with van der Waals surface area (Å²) in [5, 5.41) is 8.07. The Hall–Kier alpha value is -3.48. The number of carbonyl (C=O) groups excluding carboxylic acids is 5. The molecule has 1 fully saturated rings. The van der Waals surface area contributed by atoms with Gasteiger partial charge in [0.1, 0.15) is 23.5 Å². The first kappa shape index (κ1) is 42.7. The number of ether oxygens (including phenoxy) is 2. The molecule has 50 heavy (non-hydrogen) atoms. The second-order valence-corrected chi connectivity index (χ2v) is 17.0. The predicted molar refractivity (Wildman–Crippen MR) is 190 cm³/mol. The highest BCUT2D eigenvalue weighted by molar-refractivity contribution is 7.58. The van der Waals surface area contributed by atoms with Crippen LogP contribution in [0, 0.1) is 11.8 Å². The van der Waals surface area contributed by atoms with Crippen molar-refractivity contribution in [3.05, 3.63) is 35.9 Å². The van der Waals surface area contributed by atoms with Crippen LogP contribution in [0.2, 0.25) is 0 Å². The van der Waals surface area contributed by atoms with Crippen LogP contribution in [0.1, 0.15) is 85.6 Å². The molecule has 1 aliphatic rings. The van der Waals surface area contributed by atoms with Gasteiger partial charge in [0.2, 0.25) is 25.1 Å². The van der Waals surface area contributed by atoms with Gasteiger partial charge in [-0.25, -0.2) is 9.59 Å². The number of hydrogen-bond donors (Lipinski definition) is 5. The van der Waals surface area contributed by atoms with Crippen LogP contribution in [0.25, 0.3) is 0 Å². The van der Waals surface area contributed by atoms with Crippen LogP contribution in [0.3, 0.4) is 0 Å². The van der Waals surface area contributed by atoms with E-state index in [0.717, 1.165) is 0 Å². The van der Waals surface area contributed by atoms with Gasteiger partial charge in [0, 0.05) is 31.6 Å². The van der Waals surface area contributed by atoms with Crippen molar-refractivity contribution >= 4 is 37.2 Å². The minimum Gasteiger partial charge on any atom is -0.467 e. The largest absolute Gasteiger partial charge is 0.467 e. The number of methoxy groups -OCH3 is 1. The molecule has 1 aromatic rings. The number of rotatable bonds is 18. The lowest BCUT2D eigenvalue weighted by Gasteiger charge is -2.31. The van der Waals surface area contributed by atoms with E-state index in [4.69, 9.17) is 15.2 Å². The van der Waals surface area contributed by atoms with E-state index in [1.54, 1.807) is 45.0 Å². The zero-order valence-corrected chi connectivity index (χ0v) is 31.5. The van der Waals surface area contributed by atoms with Crippen LogP contribution in [0.4, 0.5) is 4.79 Å². The van der Waals surface area contributed by atoms with Gasteiger partial charge in [0.15, 0.2) is 0 Å². The van der Waals surface area contributed by atoms with Crippen LogP contribution in [0.5, 0.6) is 0 Å². The molecule has 0 aromatic heterocycles. The van der Waals surface area contributed by atoms with Crippen LogP contribution in [0.15, 0.2) is 30.3 Å². The summed E-state index contributed by atoms with van der Waals surface area (Å²) in [5.41, 5.74) is 6.27. The maximum atomic E-state index is 14.0. The lowest BCUT2D eigenvalue weighted by molar-refractivity contribution is -0.147. The molecule has 0 saturated carbocycles. The van der Waals surface area contributed by atoms with Crippen molar-refractivity contribution in [2.45, 2.75) is 116 Å². The molecule has 4 amide bonds. The first-order valence-electron chi connectivity index (χ1n) is 17.4. The van der Waals surface area contributed by atoms with E-state index in [2.05, 4.69) is 16.0 Å². The Bertz CT molecular complexity index is 1340. The molecule has 0 spiro atoms. The summed E-state index contributed by atoms with van der Waals surface area (Å²) in [6.07, 6.45) is 1.71. The number of amides is 4. The number of hydrogen-bond acceptors (Lipinski definition) is 9. The summed E-state index contributed by atoms with van der Waals surface area (Å²) in [5.74, 6) is -4.18. The first-order valence-corrected chi connectivity index (χ1v) is 19.3. The molecule has 1 aromatic carbocycles. The van der Waals surface area contributed by atoms with Gasteiger partial charge in [-0.1, -0.05) is 51.1 Å². The summed E-state index contributed by atoms with van der Waals surface area (Å²) in [6.45, 7) is 11.3. The highest BCUT2D eigenvalue weighted by Gasteiger charge is 2.41. The number of unbranched alkanes of at least 4 members (excludes halogenated alkanes) is 1. The minimum atomic E-state index is -4.23. The number of nitrogens with zero attached hydrogens (tertiary/aromatic N) is 1. The molecule has 1 aliphatic heterocycles. The van der Waals surface area contributed by atoms with E-state index < -0.39 is 78.7 Å². The number of esters is 1. The minimum absolute atomic E-state index is 0.0350. The fourth-order valence-corrected chi connectivity index (χ4v) is 7.83. The molecule has 1 saturated heterocycles. The van der Waals surface area contributed by atoms with Crippen LogP contribution < -0.4 is 21.7 Å². The molecule has 0 bridgehead atoms. The van der Waals surface area contributed by atoms with Gasteiger partial charge < -0.3 is 41.0 Å². The van der Waals surface area contributed by atoms with Gasteiger partial charge in [0.05, 0.1) is 13.2 Å². The molecule has 0 aliphatic carbocycles. The summed E-state index contributed by atoms with van der Waals surface area (Å²) >= 11 is 0. The Kier molecular flexibility index (Phi) is 16.9. The number of nitrogens with one attached hydrogen (secondary N) is 3. The van der Waals surface area contributed by atoms with Gasteiger partial charge >= 0.3 is 12.1 Å². The Morgan fingerprint density at radius 2 is 1.72 bits per heavy atom. The topological polar surface area (TPSA) is 206 Å². The van der Waals surface area contributed by atoms with Crippen LogP contribution in [-0.4, -0.2) is 95.4 Å². The van der Waals surface area contributed by atoms with E-state index in [0.29, 0.717) is 44.2 Å². The third-order valence-electron chi connectivity index (χ3n) is 8.32.